The number of ether oxygens (including phenoxy) is 2. The van der Waals surface area contributed by atoms with Gasteiger partial charge in [0.2, 0.25) is 0 Å². The summed E-state index contributed by atoms with van der Waals surface area (Å²) in [6.45, 7) is 1.65. The molecular weight excluding hydrogens is 384 g/mol. The van der Waals surface area contributed by atoms with Crippen molar-refractivity contribution in [1.82, 2.24) is 10.2 Å². The zero-order valence-corrected chi connectivity index (χ0v) is 14.5. The molecule has 1 aliphatic rings. The molecule has 1 aromatic carbocycles. The molecule has 2 N–H and O–H groups in total. The van der Waals surface area contributed by atoms with E-state index in [9.17, 15) is 19.5 Å². The minimum Gasteiger partial charge on any atom is -0.503 e. The number of rotatable bonds is 5. The number of esters is 1. The number of nitrogens with zero attached hydrogens (tertiary/aromatic N) is 1. The number of aromatic hydroxyl groups is 1. The average Bonchev–Trinajstić information content (AvgIpc) is 2.79. The van der Waals surface area contributed by atoms with Crippen LogP contribution in [0.15, 0.2) is 22.3 Å². The van der Waals surface area contributed by atoms with Crippen molar-refractivity contribution in [3.8, 4) is 11.5 Å². The SMILES string of the molecule is CCOc1cc(/C=C2/NC(=O)N(CC(=O)OC)C2=O)cc(Br)c1O. The summed E-state index contributed by atoms with van der Waals surface area (Å²) in [6.07, 6.45) is 1.42. The first kappa shape index (κ1) is 17.8. The van der Waals surface area contributed by atoms with Gasteiger partial charge in [0.05, 0.1) is 18.2 Å². The quantitative estimate of drug-likeness (QED) is 0.443. The lowest BCUT2D eigenvalue weighted by Crippen LogP contribution is -2.36. The Labute approximate surface area is 146 Å². The molecule has 128 valence electrons. The first-order valence-corrected chi connectivity index (χ1v) is 7.73. The molecule has 1 fully saturated rings. The van der Waals surface area contributed by atoms with Gasteiger partial charge in [-0.25, -0.2) is 9.69 Å². The van der Waals surface area contributed by atoms with Gasteiger partial charge in [0, 0.05) is 0 Å². The van der Waals surface area contributed by atoms with Crippen LogP contribution in [0.2, 0.25) is 0 Å². The Bertz CT molecular complexity index is 731. The van der Waals surface area contributed by atoms with Crippen molar-refractivity contribution >= 4 is 39.9 Å². The summed E-state index contributed by atoms with van der Waals surface area (Å²) in [7, 11) is 1.17. The summed E-state index contributed by atoms with van der Waals surface area (Å²) in [5, 5.41) is 12.3. The zero-order chi connectivity index (χ0) is 17.9. The third-order valence-corrected chi connectivity index (χ3v) is 3.74. The van der Waals surface area contributed by atoms with Crippen LogP contribution in [-0.4, -0.2) is 48.2 Å². The van der Waals surface area contributed by atoms with Gasteiger partial charge < -0.3 is 19.9 Å². The largest absolute Gasteiger partial charge is 0.503 e. The van der Waals surface area contributed by atoms with Crippen LogP contribution in [-0.2, 0) is 14.3 Å². The number of carbonyl (C=O) groups is 3. The van der Waals surface area contributed by atoms with Gasteiger partial charge in [0.1, 0.15) is 12.2 Å². The summed E-state index contributed by atoms with van der Waals surface area (Å²) >= 11 is 3.19. The van der Waals surface area contributed by atoms with Crippen LogP contribution in [0, 0.1) is 0 Å². The molecule has 0 saturated carbocycles. The van der Waals surface area contributed by atoms with E-state index in [1.165, 1.54) is 19.3 Å². The molecule has 1 saturated heterocycles. The van der Waals surface area contributed by atoms with Crippen molar-refractivity contribution < 1.29 is 29.0 Å². The van der Waals surface area contributed by atoms with Crippen LogP contribution in [0.4, 0.5) is 4.79 Å². The Hall–Kier alpha value is -2.55. The molecule has 0 atom stereocenters. The monoisotopic (exact) mass is 398 g/mol. The van der Waals surface area contributed by atoms with Crippen molar-refractivity contribution in [3.05, 3.63) is 27.9 Å². The van der Waals surface area contributed by atoms with E-state index in [-0.39, 0.29) is 17.2 Å². The Morgan fingerprint density at radius 3 is 2.75 bits per heavy atom. The summed E-state index contributed by atoms with van der Waals surface area (Å²) < 4.78 is 10.1. The van der Waals surface area contributed by atoms with Crippen LogP contribution >= 0.6 is 15.9 Å². The van der Waals surface area contributed by atoms with Crippen molar-refractivity contribution in [3.63, 3.8) is 0 Å². The van der Waals surface area contributed by atoms with Gasteiger partial charge in [-0.3, -0.25) is 9.59 Å². The van der Waals surface area contributed by atoms with E-state index in [4.69, 9.17) is 4.74 Å². The van der Waals surface area contributed by atoms with Gasteiger partial charge in [-0.2, -0.15) is 0 Å². The lowest BCUT2D eigenvalue weighted by molar-refractivity contribution is -0.143. The summed E-state index contributed by atoms with van der Waals surface area (Å²) in [5.74, 6) is -1.17. The second kappa shape index (κ2) is 7.35. The number of nitrogens with one attached hydrogen (secondary N) is 1. The number of hydrogen-bond donors (Lipinski definition) is 2. The number of carbonyl (C=O) groups excluding carboxylic acids is 3. The maximum atomic E-state index is 12.2. The Kier molecular flexibility index (Phi) is 5.45. The number of urea groups is 1. The number of phenols is 1. The highest BCUT2D eigenvalue weighted by Crippen LogP contribution is 2.36. The van der Waals surface area contributed by atoms with E-state index in [2.05, 4.69) is 26.0 Å². The number of imide groups is 1. The first-order valence-electron chi connectivity index (χ1n) is 6.94. The number of methoxy groups -OCH3 is 1. The van der Waals surface area contributed by atoms with Gasteiger partial charge in [0.15, 0.2) is 11.5 Å². The van der Waals surface area contributed by atoms with E-state index in [0.29, 0.717) is 16.6 Å². The standard InChI is InChI=1S/C15H15BrN2O6/c1-3-24-11-6-8(4-9(16)13(11)20)5-10-14(21)18(15(22)17-10)7-12(19)23-2/h4-6,20H,3,7H2,1-2H3,(H,17,22)/b10-5+. The molecule has 0 unspecified atom stereocenters. The van der Waals surface area contributed by atoms with Crippen LogP contribution in [0.25, 0.3) is 6.08 Å². The fourth-order valence-corrected chi connectivity index (χ4v) is 2.48. The van der Waals surface area contributed by atoms with Gasteiger partial charge in [0.25, 0.3) is 5.91 Å². The normalized spacial score (nSPS) is 15.6. The van der Waals surface area contributed by atoms with Gasteiger partial charge >= 0.3 is 12.0 Å². The fraction of sp³-hybridized carbons (Fsp3) is 0.267. The summed E-state index contributed by atoms with van der Waals surface area (Å²) in [4.78, 5) is 36.0. The van der Waals surface area contributed by atoms with E-state index < -0.39 is 24.5 Å². The highest BCUT2D eigenvalue weighted by atomic mass is 79.9. The topological polar surface area (TPSA) is 105 Å². The number of hydrogen-bond acceptors (Lipinski definition) is 6. The van der Waals surface area contributed by atoms with Gasteiger partial charge in [-0.15, -0.1) is 0 Å². The van der Waals surface area contributed by atoms with Gasteiger partial charge in [-0.05, 0) is 46.6 Å². The van der Waals surface area contributed by atoms with Crippen LogP contribution in [0.1, 0.15) is 12.5 Å². The molecule has 1 aromatic rings. The minimum atomic E-state index is -0.709. The third kappa shape index (κ3) is 3.67. The smallest absolute Gasteiger partial charge is 0.329 e. The van der Waals surface area contributed by atoms with Crippen molar-refractivity contribution in [2.45, 2.75) is 6.92 Å². The molecular formula is C15H15BrN2O6. The van der Waals surface area contributed by atoms with E-state index in [1.54, 1.807) is 13.0 Å². The molecule has 0 radical (unpaired) electrons. The van der Waals surface area contributed by atoms with Crippen LogP contribution < -0.4 is 10.1 Å². The molecule has 0 spiro atoms. The summed E-state index contributed by atoms with van der Waals surface area (Å²) in [5.41, 5.74) is 0.524. The molecule has 0 bridgehead atoms. The number of amides is 3. The van der Waals surface area contributed by atoms with Crippen LogP contribution in [0.5, 0.6) is 11.5 Å². The molecule has 8 nitrogen and oxygen atoms in total. The molecule has 1 heterocycles. The first-order chi connectivity index (χ1) is 11.4. The maximum Gasteiger partial charge on any atom is 0.329 e. The van der Waals surface area contributed by atoms with E-state index in [1.807, 2.05) is 0 Å². The fourth-order valence-electron chi connectivity index (χ4n) is 2.02. The van der Waals surface area contributed by atoms with E-state index in [0.717, 1.165) is 4.90 Å². The maximum absolute atomic E-state index is 12.2. The average molecular weight is 399 g/mol. The molecule has 0 aliphatic carbocycles. The second-order valence-corrected chi connectivity index (χ2v) is 5.59. The Morgan fingerprint density at radius 1 is 1.42 bits per heavy atom. The van der Waals surface area contributed by atoms with Crippen LogP contribution in [0.3, 0.4) is 0 Å². The third-order valence-electron chi connectivity index (χ3n) is 3.14. The summed E-state index contributed by atoms with van der Waals surface area (Å²) in [6, 6.07) is 2.38. The highest BCUT2D eigenvalue weighted by Gasteiger charge is 2.35. The van der Waals surface area contributed by atoms with Crippen molar-refractivity contribution in [1.29, 1.82) is 0 Å². The Morgan fingerprint density at radius 2 is 2.12 bits per heavy atom. The highest BCUT2D eigenvalue weighted by molar-refractivity contribution is 9.10. The molecule has 24 heavy (non-hydrogen) atoms. The molecule has 0 aromatic heterocycles. The predicted molar refractivity (Wildman–Crippen MR) is 87.2 cm³/mol. The van der Waals surface area contributed by atoms with Crippen molar-refractivity contribution in [2.24, 2.45) is 0 Å². The lowest BCUT2D eigenvalue weighted by Gasteiger charge is -2.09. The predicted octanol–water partition coefficient (Wildman–Crippen LogP) is 1.62. The van der Waals surface area contributed by atoms with E-state index >= 15 is 0 Å². The lowest BCUT2D eigenvalue weighted by atomic mass is 10.1. The number of benzene rings is 1. The van der Waals surface area contributed by atoms with Gasteiger partial charge in [-0.1, -0.05) is 0 Å². The number of halogens is 1. The molecule has 1 aliphatic heterocycles. The molecule has 2 rings (SSSR count). The minimum absolute atomic E-state index is 0.00365. The van der Waals surface area contributed by atoms with Crippen molar-refractivity contribution in [2.75, 3.05) is 20.3 Å². The second-order valence-electron chi connectivity index (χ2n) is 4.74. The Balaban J connectivity index is 2.30. The molecule has 9 heteroatoms. The number of phenolic OH excluding ortho intramolecular Hbond substituents is 1. The zero-order valence-electron chi connectivity index (χ0n) is 13.0. The molecule has 3 amide bonds.